The van der Waals surface area contributed by atoms with Gasteiger partial charge in [-0.05, 0) is 42.0 Å². The molecule has 0 fully saturated rings. The summed E-state index contributed by atoms with van der Waals surface area (Å²) in [5.41, 5.74) is 8.57. The van der Waals surface area contributed by atoms with E-state index in [-0.39, 0.29) is 12.5 Å². The van der Waals surface area contributed by atoms with E-state index in [0.717, 1.165) is 5.56 Å². The van der Waals surface area contributed by atoms with E-state index in [9.17, 15) is 14.0 Å². The lowest BCUT2D eigenvalue weighted by Gasteiger charge is -2.10. The Kier molecular flexibility index (Phi) is 4.78. The molecular weight excluding hydrogens is 373 g/mol. The summed E-state index contributed by atoms with van der Waals surface area (Å²) in [5, 5.41) is 7.46. The first-order valence-electron chi connectivity index (χ1n) is 8.85. The maximum atomic E-state index is 13.0. The molecule has 1 aromatic heterocycles. The number of carbonyl (C=O) groups is 2. The Morgan fingerprint density at radius 1 is 1.00 bits per heavy atom. The number of rotatable bonds is 5. The van der Waals surface area contributed by atoms with Crippen LogP contribution in [0.15, 0.2) is 71.3 Å². The number of nitrogens with zero attached hydrogens (tertiary/aromatic N) is 1. The summed E-state index contributed by atoms with van der Waals surface area (Å²) in [4.78, 5) is 24.2. The van der Waals surface area contributed by atoms with Gasteiger partial charge in [0.2, 0.25) is 5.91 Å². The van der Waals surface area contributed by atoms with Crippen molar-refractivity contribution in [2.45, 2.75) is 6.54 Å². The molecule has 0 radical (unpaired) electrons. The van der Waals surface area contributed by atoms with Gasteiger partial charge < -0.3 is 15.6 Å². The monoisotopic (exact) mass is 389 g/mol. The fraction of sp³-hybridized carbons (Fsp3) is 0.0455. The van der Waals surface area contributed by atoms with Crippen molar-refractivity contribution in [1.29, 1.82) is 0 Å². The lowest BCUT2D eigenvalue weighted by atomic mass is 9.99. The van der Waals surface area contributed by atoms with E-state index in [1.54, 1.807) is 18.2 Å². The number of nitrogens with one attached hydrogen (secondary N) is 1. The molecule has 0 aliphatic carbocycles. The molecule has 4 aromatic rings. The van der Waals surface area contributed by atoms with E-state index in [2.05, 4.69) is 10.5 Å². The van der Waals surface area contributed by atoms with Crippen molar-refractivity contribution in [1.82, 2.24) is 10.5 Å². The fourth-order valence-electron chi connectivity index (χ4n) is 3.17. The summed E-state index contributed by atoms with van der Waals surface area (Å²) < 4.78 is 18.4. The number of fused-ring (bicyclic) bond motifs is 1. The first kappa shape index (κ1) is 18.4. The molecule has 0 aliphatic heterocycles. The molecule has 144 valence electrons. The number of primary amides is 1. The Labute approximate surface area is 165 Å². The predicted octanol–water partition coefficient (Wildman–Crippen LogP) is 3.66. The smallest absolute Gasteiger partial charge is 0.251 e. The highest BCUT2D eigenvalue weighted by atomic mass is 19.1. The zero-order valence-corrected chi connectivity index (χ0v) is 15.2. The zero-order chi connectivity index (χ0) is 20.4. The largest absolute Gasteiger partial charge is 0.366 e. The molecular formula is C22H16FN3O3. The third-order valence-electron chi connectivity index (χ3n) is 4.58. The summed E-state index contributed by atoms with van der Waals surface area (Å²) in [6.07, 6.45) is 0. The van der Waals surface area contributed by atoms with Crippen LogP contribution in [-0.2, 0) is 6.54 Å². The first-order valence-corrected chi connectivity index (χ1v) is 8.85. The van der Waals surface area contributed by atoms with E-state index < -0.39 is 11.7 Å². The van der Waals surface area contributed by atoms with Crippen molar-refractivity contribution in [3.05, 3.63) is 89.2 Å². The van der Waals surface area contributed by atoms with Gasteiger partial charge in [0, 0.05) is 17.7 Å². The van der Waals surface area contributed by atoms with Gasteiger partial charge in [-0.25, -0.2) is 4.39 Å². The summed E-state index contributed by atoms with van der Waals surface area (Å²) in [7, 11) is 0. The summed E-state index contributed by atoms with van der Waals surface area (Å²) in [6, 6.07) is 17.6. The minimum absolute atomic E-state index is 0.208. The van der Waals surface area contributed by atoms with Crippen molar-refractivity contribution in [2.24, 2.45) is 5.73 Å². The standard InChI is InChI=1S/C22H16FN3O3/c23-15-10-8-13(9-11-15)22(28)25-12-14-4-1-2-5-16(14)20-19-17(21(24)27)6-3-7-18(19)29-26-20/h1-11H,12H2,(H2,24,27)(H,25,28). The number of hydrogen-bond acceptors (Lipinski definition) is 4. The molecule has 0 unspecified atom stereocenters. The molecule has 6 nitrogen and oxygen atoms in total. The molecule has 3 N–H and O–H groups in total. The molecule has 0 aliphatic rings. The van der Waals surface area contributed by atoms with Crippen LogP contribution in [0.4, 0.5) is 4.39 Å². The maximum Gasteiger partial charge on any atom is 0.251 e. The van der Waals surface area contributed by atoms with E-state index in [1.165, 1.54) is 24.3 Å². The Morgan fingerprint density at radius 3 is 2.52 bits per heavy atom. The van der Waals surface area contributed by atoms with Crippen LogP contribution in [0.25, 0.3) is 22.2 Å². The Balaban J connectivity index is 1.68. The highest BCUT2D eigenvalue weighted by Crippen LogP contribution is 2.32. The minimum atomic E-state index is -0.581. The summed E-state index contributed by atoms with van der Waals surface area (Å²) in [5.74, 6) is -1.32. The van der Waals surface area contributed by atoms with Gasteiger partial charge in [-0.15, -0.1) is 0 Å². The van der Waals surface area contributed by atoms with Gasteiger partial charge in [-0.1, -0.05) is 35.5 Å². The van der Waals surface area contributed by atoms with Crippen molar-refractivity contribution in [3.63, 3.8) is 0 Å². The van der Waals surface area contributed by atoms with Crippen molar-refractivity contribution in [2.75, 3.05) is 0 Å². The molecule has 29 heavy (non-hydrogen) atoms. The van der Waals surface area contributed by atoms with Crippen LogP contribution >= 0.6 is 0 Å². The number of benzene rings is 3. The van der Waals surface area contributed by atoms with Crippen LogP contribution in [0.1, 0.15) is 26.3 Å². The summed E-state index contributed by atoms with van der Waals surface area (Å²) in [6.45, 7) is 0.208. The van der Waals surface area contributed by atoms with E-state index in [0.29, 0.717) is 33.4 Å². The molecule has 0 spiro atoms. The second kappa shape index (κ2) is 7.55. The minimum Gasteiger partial charge on any atom is -0.366 e. The van der Waals surface area contributed by atoms with E-state index in [4.69, 9.17) is 10.3 Å². The Bertz CT molecular complexity index is 1220. The predicted molar refractivity (Wildman–Crippen MR) is 106 cm³/mol. The number of hydrogen-bond donors (Lipinski definition) is 2. The number of carbonyl (C=O) groups excluding carboxylic acids is 2. The SMILES string of the molecule is NC(=O)c1cccc2onc(-c3ccccc3CNC(=O)c3ccc(F)cc3)c12. The van der Waals surface area contributed by atoms with Crippen LogP contribution in [0.2, 0.25) is 0 Å². The van der Waals surface area contributed by atoms with Gasteiger partial charge >= 0.3 is 0 Å². The molecule has 1 heterocycles. The van der Waals surface area contributed by atoms with Crippen LogP contribution in [0, 0.1) is 5.82 Å². The molecule has 0 saturated heterocycles. The third-order valence-corrected chi connectivity index (χ3v) is 4.58. The average Bonchev–Trinajstić information content (AvgIpc) is 3.16. The molecule has 3 aromatic carbocycles. The van der Waals surface area contributed by atoms with Gasteiger partial charge in [0.1, 0.15) is 11.5 Å². The molecule has 0 atom stereocenters. The molecule has 4 rings (SSSR count). The Hall–Kier alpha value is -4.00. The highest BCUT2D eigenvalue weighted by Gasteiger charge is 2.19. The molecule has 7 heteroatoms. The van der Waals surface area contributed by atoms with Gasteiger partial charge in [0.15, 0.2) is 5.58 Å². The van der Waals surface area contributed by atoms with Gasteiger partial charge in [0.25, 0.3) is 5.91 Å². The second-order valence-corrected chi connectivity index (χ2v) is 6.42. The van der Waals surface area contributed by atoms with Gasteiger partial charge in [-0.3, -0.25) is 9.59 Å². The van der Waals surface area contributed by atoms with Gasteiger partial charge in [-0.2, -0.15) is 0 Å². The van der Waals surface area contributed by atoms with Crippen molar-refractivity contribution in [3.8, 4) is 11.3 Å². The van der Waals surface area contributed by atoms with Crippen molar-refractivity contribution < 1.29 is 18.5 Å². The Morgan fingerprint density at radius 2 is 1.76 bits per heavy atom. The van der Waals surface area contributed by atoms with Crippen molar-refractivity contribution >= 4 is 22.8 Å². The molecule has 0 saturated carbocycles. The maximum absolute atomic E-state index is 13.0. The van der Waals surface area contributed by atoms with E-state index in [1.807, 2.05) is 24.3 Å². The lowest BCUT2D eigenvalue weighted by Crippen LogP contribution is -2.23. The molecule has 0 bridgehead atoms. The molecule has 2 amide bonds. The van der Waals surface area contributed by atoms with Crippen LogP contribution in [0.3, 0.4) is 0 Å². The number of aromatic nitrogens is 1. The number of halogens is 1. The third kappa shape index (κ3) is 3.58. The summed E-state index contributed by atoms with van der Waals surface area (Å²) >= 11 is 0. The normalized spacial score (nSPS) is 10.8. The van der Waals surface area contributed by atoms with E-state index >= 15 is 0 Å². The van der Waals surface area contributed by atoms with Crippen LogP contribution in [-0.4, -0.2) is 17.0 Å². The quantitative estimate of drug-likeness (QED) is 0.544. The van der Waals surface area contributed by atoms with Crippen LogP contribution in [0.5, 0.6) is 0 Å². The second-order valence-electron chi connectivity index (χ2n) is 6.42. The topological polar surface area (TPSA) is 98.2 Å². The zero-order valence-electron chi connectivity index (χ0n) is 15.2. The van der Waals surface area contributed by atoms with Crippen LogP contribution < -0.4 is 11.1 Å². The number of amides is 2. The fourth-order valence-corrected chi connectivity index (χ4v) is 3.17. The average molecular weight is 389 g/mol. The van der Waals surface area contributed by atoms with Gasteiger partial charge in [0.05, 0.1) is 10.9 Å². The lowest BCUT2D eigenvalue weighted by molar-refractivity contribution is 0.0949. The highest BCUT2D eigenvalue weighted by molar-refractivity contribution is 6.10. The first-order chi connectivity index (χ1) is 14.0. The number of nitrogens with two attached hydrogens (primary N) is 1.